The van der Waals surface area contributed by atoms with E-state index in [1.165, 1.54) is 12.1 Å². The Morgan fingerprint density at radius 2 is 1.77 bits per heavy atom. The fourth-order valence-corrected chi connectivity index (χ4v) is 2.59. The summed E-state index contributed by atoms with van der Waals surface area (Å²) in [7, 11) is -3.66. The normalized spacial score (nSPS) is 11.8. The van der Waals surface area contributed by atoms with Crippen molar-refractivity contribution in [2.24, 2.45) is 10.6 Å². The second kappa shape index (κ2) is 7.84. The second-order valence-corrected chi connectivity index (χ2v) is 8.56. The van der Waals surface area contributed by atoms with Crippen LogP contribution in [0.4, 0.5) is 11.5 Å². The number of rotatable bonds is 6. The molecule has 0 unspecified atom stereocenters. The summed E-state index contributed by atoms with van der Waals surface area (Å²) >= 11 is 0. The third kappa shape index (κ3) is 5.82. The molecule has 8 heteroatoms. The van der Waals surface area contributed by atoms with Gasteiger partial charge in [0, 0.05) is 12.0 Å². The maximum atomic E-state index is 11.9. The van der Waals surface area contributed by atoms with Crippen molar-refractivity contribution in [1.29, 1.82) is 0 Å². The van der Waals surface area contributed by atoms with Crippen molar-refractivity contribution < 1.29 is 13.2 Å². The van der Waals surface area contributed by atoms with Gasteiger partial charge in [0.2, 0.25) is 15.9 Å². The van der Waals surface area contributed by atoms with Crippen LogP contribution in [0, 0.1) is 5.41 Å². The topological polar surface area (TPSA) is 114 Å². The molecule has 2 rings (SSSR count). The Bertz CT molecular complexity index is 855. The summed E-state index contributed by atoms with van der Waals surface area (Å²) < 4.78 is 22.4. The Hall–Kier alpha value is -2.45. The number of benzene rings is 1. The second-order valence-electron chi connectivity index (χ2n) is 7.00. The Kier molecular flexibility index (Phi) is 5.99. The van der Waals surface area contributed by atoms with Crippen LogP contribution in [0.3, 0.4) is 0 Å². The van der Waals surface area contributed by atoms with Crippen molar-refractivity contribution in [2.45, 2.75) is 32.1 Å². The third-order valence-electron chi connectivity index (χ3n) is 3.68. The zero-order valence-corrected chi connectivity index (χ0v) is 15.9. The number of anilines is 2. The number of amides is 1. The highest BCUT2D eigenvalue weighted by molar-refractivity contribution is 7.89. The molecule has 0 bridgehead atoms. The molecule has 0 aliphatic heterocycles. The average Bonchev–Trinajstić information content (AvgIpc) is 2.55. The number of carbonyl (C=O) groups is 1. The molecule has 0 aliphatic carbocycles. The van der Waals surface area contributed by atoms with Gasteiger partial charge in [-0.2, -0.15) is 0 Å². The first-order valence-electron chi connectivity index (χ1n) is 8.19. The molecule has 0 aliphatic rings. The van der Waals surface area contributed by atoms with E-state index in [0.717, 1.165) is 11.3 Å². The Morgan fingerprint density at radius 3 is 2.27 bits per heavy atom. The first-order chi connectivity index (χ1) is 12.1. The van der Waals surface area contributed by atoms with E-state index in [-0.39, 0.29) is 10.8 Å². The molecular weight excluding hydrogens is 352 g/mol. The lowest BCUT2D eigenvalue weighted by Gasteiger charge is -2.17. The standard InChI is InChI=1S/C18H24N4O3S/c1-18(2,3)17(23)22-16-9-6-14(12-21-16)20-11-10-13-4-7-15(8-5-13)26(19,24)25/h4-9,12,20H,10-11H2,1-3H3,(H2,19,24,25)(H,21,22,23). The molecule has 1 amide bonds. The summed E-state index contributed by atoms with van der Waals surface area (Å²) in [5, 5.41) is 11.1. The summed E-state index contributed by atoms with van der Waals surface area (Å²) in [6.07, 6.45) is 2.37. The van der Waals surface area contributed by atoms with Crippen LogP contribution in [-0.4, -0.2) is 25.9 Å². The van der Waals surface area contributed by atoms with Gasteiger partial charge in [-0.3, -0.25) is 4.79 Å². The third-order valence-corrected chi connectivity index (χ3v) is 4.61. The van der Waals surface area contributed by atoms with E-state index >= 15 is 0 Å². The molecule has 0 atom stereocenters. The number of sulfonamides is 1. The molecule has 0 saturated carbocycles. The number of carbonyl (C=O) groups excluding carboxylic acids is 1. The smallest absolute Gasteiger partial charge is 0.238 e. The minimum absolute atomic E-state index is 0.0892. The van der Waals surface area contributed by atoms with Gasteiger partial charge in [0.05, 0.1) is 16.8 Å². The quantitative estimate of drug-likeness (QED) is 0.716. The predicted molar refractivity (Wildman–Crippen MR) is 102 cm³/mol. The summed E-state index contributed by atoms with van der Waals surface area (Å²) in [6, 6.07) is 10.1. The van der Waals surface area contributed by atoms with Crippen LogP contribution in [0.2, 0.25) is 0 Å². The Balaban J connectivity index is 1.85. The van der Waals surface area contributed by atoms with E-state index < -0.39 is 15.4 Å². The maximum absolute atomic E-state index is 11.9. The van der Waals surface area contributed by atoms with Crippen molar-refractivity contribution in [3.8, 4) is 0 Å². The van der Waals surface area contributed by atoms with E-state index in [1.807, 2.05) is 26.8 Å². The number of pyridine rings is 1. The molecule has 0 saturated heterocycles. The van der Waals surface area contributed by atoms with Crippen molar-refractivity contribution in [2.75, 3.05) is 17.2 Å². The Morgan fingerprint density at radius 1 is 1.12 bits per heavy atom. The van der Waals surface area contributed by atoms with Gasteiger partial charge in [-0.25, -0.2) is 18.5 Å². The first kappa shape index (κ1) is 19.9. The fourth-order valence-electron chi connectivity index (χ4n) is 2.07. The number of nitrogens with one attached hydrogen (secondary N) is 2. The van der Waals surface area contributed by atoms with E-state index in [1.54, 1.807) is 24.4 Å². The van der Waals surface area contributed by atoms with Crippen LogP contribution in [0.15, 0.2) is 47.5 Å². The molecule has 0 fully saturated rings. The van der Waals surface area contributed by atoms with Crippen molar-refractivity contribution >= 4 is 27.4 Å². The van der Waals surface area contributed by atoms with Gasteiger partial charge in [-0.15, -0.1) is 0 Å². The molecule has 1 heterocycles. The molecule has 7 nitrogen and oxygen atoms in total. The van der Waals surface area contributed by atoms with Crippen LogP contribution in [0.25, 0.3) is 0 Å². The molecule has 4 N–H and O–H groups in total. The van der Waals surface area contributed by atoms with E-state index in [2.05, 4.69) is 15.6 Å². The number of primary sulfonamides is 1. The van der Waals surface area contributed by atoms with Crippen molar-refractivity contribution in [1.82, 2.24) is 4.98 Å². The fraction of sp³-hybridized carbons (Fsp3) is 0.333. The van der Waals surface area contributed by atoms with Crippen LogP contribution >= 0.6 is 0 Å². The first-order valence-corrected chi connectivity index (χ1v) is 9.73. The maximum Gasteiger partial charge on any atom is 0.238 e. The van der Waals surface area contributed by atoms with Crippen LogP contribution < -0.4 is 15.8 Å². The SMILES string of the molecule is CC(C)(C)C(=O)Nc1ccc(NCCc2ccc(S(N)(=O)=O)cc2)cn1. The van der Waals surface area contributed by atoms with Gasteiger partial charge in [-0.1, -0.05) is 32.9 Å². The molecule has 140 valence electrons. The zero-order valence-electron chi connectivity index (χ0n) is 15.1. The number of hydrogen-bond donors (Lipinski definition) is 3. The van der Waals surface area contributed by atoms with Gasteiger partial charge in [0.25, 0.3) is 0 Å². The highest BCUT2D eigenvalue weighted by Gasteiger charge is 2.21. The summed E-state index contributed by atoms with van der Waals surface area (Å²) in [5.74, 6) is 0.419. The lowest BCUT2D eigenvalue weighted by atomic mass is 9.96. The lowest BCUT2D eigenvalue weighted by molar-refractivity contribution is -0.123. The van der Waals surface area contributed by atoms with Crippen molar-refractivity contribution in [3.63, 3.8) is 0 Å². The zero-order chi connectivity index (χ0) is 19.4. The van der Waals surface area contributed by atoms with E-state index in [9.17, 15) is 13.2 Å². The molecule has 0 radical (unpaired) electrons. The average molecular weight is 376 g/mol. The predicted octanol–water partition coefficient (Wildman–Crippen LogP) is 2.37. The van der Waals surface area contributed by atoms with Gasteiger partial charge in [0.15, 0.2) is 0 Å². The minimum Gasteiger partial charge on any atom is -0.383 e. The van der Waals surface area contributed by atoms with Gasteiger partial charge in [-0.05, 0) is 36.2 Å². The molecule has 26 heavy (non-hydrogen) atoms. The van der Waals surface area contributed by atoms with Crippen LogP contribution in [0.5, 0.6) is 0 Å². The molecule has 1 aromatic heterocycles. The van der Waals surface area contributed by atoms with Crippen LogP contribution in [-0.2, 0) is 21.2 Å². The van der Waals surface area contributed by atoms with Crippen LogP contribution in [0.1, 0.15) is 26.3 Å². The number of aromatic nitrogens is 1. The monoisotopic (exact) mass is 376 g/mol. The Labute approximate surface area is 154 Å². The summed E-state index contributed by atoms with van der Waals surface area (Å²) in [4.78, 5) is 16.2. The van der Waals surface area contributed by atoms with Gasteiger partial charge >= 0.3 is 0 Å². The molecule has 1 aromatic carbocycles. The van der Waals surface area contributed by atoms with Crippen molar-refractivity contribution in [3.05, 3.63) is 48.2 Å². The van der Waals surface area contributed by atoms with E-state index in [4.69, 9.17) is 5.14 Å². The lowest BCUT2D eigenvalue weighted by Crippen LogP contribution is -2.27. The van der Waals surface area contributed by atoms with Gasteiger partial charge in [0.1, 0.15) is 5.82 Å². The van der Waals surface area contributed by atoms with E-state index in [0.29, 0.717) is 18.8 Å². The highest BCUT2D eigenvalue weighted by atomic mass is 32.2. The number of nitrogens with zero attached hydrogens (tertiary/aromatic N) is 1. The minimum atomic E-state index is -3.66. The summed E-state index contributed by atoms with van der Waals surface area (Å²) in [5.41, 5.74) is 1.35. The number of hydrogen-bond acceptors (Lipinski definition) is 5. The number of nitrogens with two attached hydrogens (primary N) is 1. The molecule has 2 aromatic rings. The highest BCUT2D eigenvalue weighted by Crippen LogP contribution is 2.17. The van der Waals surface area contributed by atoms with Gasteiger partial charge < -0.3 is 10.6 Å². The molecular formula is C18H24N4O3S. The molecule has 0 spiro atoms. The largest absolute Gasteiger partial charge is 0.383 e. The summed E-state index contributed by atoms with van der Waals surface area (Å²) in [6.45, 7) is 6.18.